The number of nitrogens with one attached hydrogen (secondary N) is 2. The zero-order chi connectivity index (χ0) is 20.2. The molecule has 0 saturated heterocycles. The van der Waals surface area contributed by atoms with Crippen LogP contribution >= 0.6 is 11.8 Å². The van der Waals surface area contributed by atoms with Gasteiger partial charge >= 0.3 is 0 Å². The van der Waals surface area contributed by atoms with Gasteiger partial charge in [-0.3, -0.25) is 14.3 Å². The molecule has 0 aliphatic heterocycles. The lowest BCUT2D eigenvalue weighted by molar-refractivity contribution is -0.118. The topological polar surface area (TPSA) is 118 Å². The van der Waals surface area contributed by atoms with Crippen LogP contribution in [0, 0.1) is 5.92 Å². The van der Waals surface area contributed by atoms with Gasteiger partial charge in [0.1, 0.15) is 0 Å². The lowest BCUT2D eigenvalue weighted by atomic mass is 10.2. The first-order valence-corrected chi connectivity index (χ1v) is 10.8. The number of carbonyl (C=O) groups excluding carboxylic acids is 2. The Bertz CT molecular complexity index is 955. The lowest BCUT2D eigenvalue weighted by Gasteiger charge is -2.14. The van der Waals surface area contributed by atoms with Crippen molar-refractivity contribution in [2.24, 2.45) is 11.7 Å². The molecule has 0 saturated carbocycles. The molecule has 144 valence electrons. The quantitative estimate of drug-likeness (QED) is 0.610. The minimum Gasteiger partial charge on any atom is -0.366 e. The number of benzene rings is 2. The average molecular weight is 408 g/mol. The second-order valence-electron chi connectivity index (χ2n) is 6.05. The maximum absolute atomic E-state index is 12.7. The predicted octanol–water partition coefficient (Wildman–Crippen LogP) is 2.90. The van der Waals surface area contributed by atoms with E-state index in [-0.39, 0.29) is 22.3 Å². The van der Waals surface area contributed by atoms with E-state index in [1.807, 2.05) is 6.26 Å². The van der Waals surface area contributed by atoms with Gasteiger partial charge in [0.05, 0.1) is 10.6 Å². The summed E-state index contributed by atoms with van der Waals surface area (Å²) in [5.74, 6) is -1.03. The largest absolute Gasteiger partial charge is 0.366 e. The highest BCUT2D eigenvalue weighted by Crippen LogP contribution is 2.29. The molecule has 0 heterocycles. The molecule has 0 radical (unpaired) electrons. The van der Waals surface area contributed by atoms with E-state index < -0.39 is 15.9 Å². The molecule has 0 spiro atoms. The Morgan fingerprint density at radius 2 is 1.70 bits per heavy atom. The third-order valence-corrected chi connectivity index (χ3v) is 5.86. The summed E-state index contributed by atoms with van der Waals surface area (Å²) >= 11 is 1.40. The van der Waals surface area contributed by atoms with Crippen LogP contribution in [0.5, 0.6) is 0 Å². The van der Waals surface area contributed by atoms with Crippen molar-refractivity contribution in [2.75, 3.05) is 16.3 Å². The molecule has 0 fully saturated rings. The van der Waals surface area contributed by atoms with E-state index >= 15 is 0 Å². The molecule has 0 aromatic heterocycles. The SMILES string of the molecule is CSc1ccc(S(=O)(=O)Nc2ccc(C(N)=O)cc2)cc1NC(=O)C(C)C. The number of thioether (sulfide) groups is 1. The van der Waals surface area contributed by atoms with E-state index in [1.54, 1.807) is 19.9 Å². The van der Waals surface area contributed by atoms with Crippen molar-refractivity contribution in [1.29, 1.82) is 0 Å². The van der Waals surface area contributed by atoms with Gasteiger partial charge in [0.15, 0.2) is 0 Å². The zero-order valence-corrected chi connectivity index (χ0v) is 16.8. The number of rotatable bonds is 7. The highest BCUT2D eigenvalue weighted by Gasteiger charge is 2.18. The summed E-state index contributed by atoms with van der Waals surface area (Å²) in [6.45, 7) is 3.51. The lowest BCUT2D eigenvalue weighted by Crippen LogP contribution is -2.19. The molecule has 27 heavy (non-hydrogen) atoms. The monoisotopic (exact) mass is 407 g/mol. The molecule has 9 heteroatoms. The third kappa shape index (κ3) is 5.24. The number of nitrogens with two attached hydrogens (primary N) is 1. The number of hydrogen-bond acceptors (Lipinski definition) is 5. The van der Waals surface area contributed by atoms with E-state index in [0.29, 0.717) is 11.4 Å². The molecular weight excluding hydrogens is 386 g/mol. The van der Waals surface area contributed by atoms with Crippen LogP contribution in [0.1, 0.15) is 24.2 Å². The van der Waals surface area contributed by atoms with Crippen molar-refractivity contribution < 1.29 is 18.0 Å². The molecule has 2 aromatic carbocycles. The first-order chi connectivity index (χ1) is 12.6. The highest BCUT2D eigenvalue weighted by atomic mass is 32.2. The molecule has 4 N–H and O–H groups in total. The Labute approximate surface area is 162 Å². The molecular formula is C18H21N3O4S2. The normalized spacial score (nSPS) is 11.3. The van der Waals surface area contributed by atoms with E-state index in [1.165, 1.54) is 48.2 Å². The molecule has 0 aliphatic rings. The fourth-order valence-corrected chi connectivity index (χ4v) is 3.76. The molecule has 7 nitrogen and oxygen atoms in total. The first kappa shape index (κ1) is 20.8. The maximum Gasteiger partial charge on any atom is 0.261 e. The maximum atomic E-state index is 12.7. The number of hydrogen-bond donors (Lipinski definition) is 3. The highest BCUT2D eigenvalue weighted by molar-refractivity contribution is 7.98. The van der Waals surface area contributed by atoms with Crippen molar-refractivity contribution in [3.05, 3.63) is 48.0 Å². The summed E-state index contributed by atoms with van der Waals surface area (Å²) in [5.41, 5.74) is 6.18. The Morgan fingerprint density at radius 3 is 2.22 bits per heavy atom. The van der Waals surface area contributed by atoms with E-state index in [9.17, 15) is 18.0 Å². The van der Waals surface area contributed by atoms with E-state index in [2.05, 4.69) is 10.0 Å². The second kappa shape index (κ2) is 8.45. The van der Waals surface area contributed by atoms with Crippen LogP contribution in [-0.2, 0) is 14.8 Å². The van der Waals surface area contributed by atoms with Crippen molar-refractivity contribution in [1.82, 2.24) is 0 Å². The van der Waals surface area contributed by atoms with Crippen LogP contribution in [0.25, 0.3) is 0 Å². The zero-order valence-electron chi connectivity index (χ0n) is 15.1. The van der Waals surface area contributed by atoms with Crippen molar-refractivity contribution in [2.45, 2.75) is 23.6 Å². The number of anilines is 2. The van der Waals surface area contributed by atoms with Crippen LogP contribution in [0.3, 0.4) is 0 Å². The molecule has 0 unspecified atom stereocenters. The summed E-state index contributed by atoms with van der Waals surface area (Å²) in [7, 11) is -3.88. The predicted molar refractivity (Wildman–Crippen MR) is 107 cm³/mol. The fraction of sp³-hybridized carbons (Fsp3) is 0.222. The molecule has 0 atom stereocenters. The molecule has 0 aliphatic carbocycles. The average Bonchev–Trinajstić information content (AvgIpc) is 2.61. The van der Waals surface area contributed by atoms with Crippen LogP contribution in [0.4, 0.5) is 11.4 Å². The Balaban J connectivity index is 2.32. The van der Waals surface area contributed by atoms with Crippen LogP contribution in [-0.4, -0.2) is 26.5 Å². The summed E-state index contributed by atoms with van der Waals surface area (Å²) in [4.78, 5) is 23.9. The van der Waals surface area contributed by atoms with Gasteiger partial charge in [-0.1, -0.05) is 13.8 Å². The number of carbonyl (C=O) groups is 2. The van der Waals surface area contributed by atoms with Gasteiger partial charge in [-0.05, 0) is 48.7 Å². The first-order valence-electron chi connectivity index (χ1n) is 8.05. The van der Waals surface area contributed by atoms with Gasteiger partial charge < -0.3 is 11.1 Å². The van der Waals surface area contributed by atoms with Gasteiger partial charge in [0.2, 0.25) is 11.8 Å². The molecule has 2 amide bonds. The van der Waals surface area contributed by atoms with Crippen LogP contribution < -0.4 is 15.8 Å². The van der Waals surface area contributed by atoms with Crippen molar-refractivity contribution in [3.63, 3.8) is 0 Å². The summed E-state index contributed by atoms with van der Waals surface area (Å²) in [6, 6.07) is 10.3. The smallest absolute Gasteiger partial charge is 0.261 e. The van der Waals surface area contributed by atoms with Crippen molar-refractivity contribution >= 4 is 45.0 Å². The van der Waals surface area contributed by atoms with E-state index in [4.69, 9.17) is 5.73 Å². The van der Waals surface area contributed by atoms with E-state index in [0.717, 1.165) is 4.90 Å². The second-order valence-corrected chi connectivity index (χ2v) is 8.58. The van der Waals surface area contributed by atoms with Crippen LogP contribution in [0.2, 0.25) is 0 Å². The number of amides is 2. The number of sulfonamides is 1. The molecule has 2 aromatic rings. The standard InChI is InChI=1S/C18H21N3O4S2/c1-11(2)18(23)20-15-10-14(8-9-16(15)26-3)27(24,25)21-13-6-4-12(5-7-13)17(19)22/h4-11,21H,1-3H3,(H2,19,22)(H,20,23). The summed E-state index contributed by atoms with van der Waals surface area (Å²) in [6.07, 6.45) is 1.84. The Hall–Kier alpha value is -2.52. The molecule has 0 bridgehead atoms. The fourth-order valence-electron chi connectivity index (χ4n) is 2.15. The van der Waals surface area contributed by atoms with Crippen LogP contribution in [0.15, 0.2) is 52.3 Å². The Kier molecular flexibility index (Phi) is 6.50. The molecule has 2 rings (SSSR count). The van der Waals surface area contributed by atoms with Gasteiger partial charge in [-0.2, -0.15) is 0 Å². The van der Waals surface area contributed by atoms with Crippen molar-refractivity contribution in [3.8, 4) is 0 Å². The minimum atomic E-state index is -3.88. The Morgan fingerprint density at radius 1 is 1.07 bits per heavy atom. The summed E-state index contributed by atoms with van der Waals surface area (Å²) in [5, 5.41) is 2.75. The van der Waals surface area contributed by atoms with Gasteiger partial charge in [0.25, 0.3) is 10.0 Å². The summed E-state index contributed by atoms with van der Waals surface area (Å²) < 4.78 is 27.8. The number of primary amides is 1. The minimum absolute atomic E-state index is 0.0123. The van der Waals surface area contributed by atoms with Gasteiger partial charge in [-0.15, -0.1) is 11.8 Å². The third-order valence-electron chi connectivity index (χ3n) is 3.69. The van der Waals surface area contributed by atoms with Gasteiger partial charge in [0, 0.05) is 22.1 Å². The van der Waals surface area contributed by atoms with Gasteiger partial charge in [-0.25, -0.2) is 8.42 Å².